The number of pyridine rings is 1. The summed E-state index contributed by atoms with van der Waals surface area (Å²) in [5.41, 5.74) is 0.451. The largest absolute Gasteiger partial charge is 0.347 e. The monoisotopic (exact) mass is 346 g/mol. The molecule has 1 N–H and O–H groups in total. The van der Waals surface area contributed by atoms with E-state index < -0.39 is 0 Å². The van der Waals surface area contributed by atoms with Crippen molar-refractivity contribution in [1.82, 2.24) is 9.88 Å². The minimum absolute atomic E-state index is 0.0741. The molecule has 0 saturated carbocycles. The zero-order chi connectivity index (χ0) is 16.4. The minimum atomic E-state index is -0.173. The van der Waals surface area contributed by atoms with Gasteiger partial charge in [-0.15, -0.1) is 22.7 Å². The molecular formula is C17H18N2O2S2. The summed E-state index contributed by atoms with van der Waals surface area (Å²) < 4.78 is 2.56. The standard InChI is InChI=1S/C17H18N2O2S2/c1-3-7-19-8-6-13-15(17(19)21)14(11(2)23-13)16(20)18-10-12-5-4-9-22-12/h4-6,8-9H,3,7,10H2,1-2H3,(H,18,20). The van der Waals surface area contributed by atoms with Crippen LogP contribution in [0.1, 0.15) is 33.5 Å². The van der Waals surface area contributed by atoms with Crippen molar-refractivity contribution in [2.45, 2.75) is 33.4 Å². The third-order valence-corrected chi connectivity index (χ3v) is 5.63. The maximum Gasteiger partial charge on any atom is 0.260 e. The highest BCUT2D eigenvalue weighted by molar-refractivity contribution is 7.19. The number of hydrogen-bond donors (Lipinski definition) is 1. The van der Waals surface area contributed by atoms with Gasteiger partial charge in [0.1, 0.15) is 0 Å². The summed E-state index contributed by atoms with van der Waals surface area (Å²) in [5.74, 6) is -0.173. The second-order valence-electron chi connectivity index (χ2n) is 5.35. The number of fused-ring (bicyclic) bond motifs is 1. The van der Waals surface area contributed by atoms with Crippen LogP contribution in [0.3, 0.4) is 0 Å². The fourth-order valence-electron chi connectivity index (χ4n) is 2.62. The summed E-state index contributed by atoms with van der Waals surface area (Å²) in [6, 6.07) is 5.87. The molecule has 0 bridgehead atoms. The molecule has 0 saturated heterocycles. The molecule has 0 radical (unpaired) electrons. The Bertz CT molecular complexity index is 891. The van der Waals surface area contributed by atoms with Crippen molar-refractivity contribution in [3.05, 3.63) is 55.4 Å². The van der Waals surface area contributed by atoms with Crippen LogP contribution < -0.4 is 10.9 Å². The van der Waals surface area contributed by atoms with E-state index >= 15 is 0 Å². The molecular weight excluding hydrogens is 328 g/mol. The summed E-state index contributed by atoms with van der Waals surface area (Å²) in [6.45, 7) is 5.08. The summed E-state index contributed by atoms with van der Waals surface area (Å²) >= 11 is 3.10. The molecule has 0 aliphatic rings. The molecule has 0 fully saturated rings. The minimum Gasteiger partial charge on any atom is -0.347 e. The van der Waals surface area contributed by atoms with Crippen molar-refractivity contribution in [3.8, 4) is 0 Å². The topological polar surface area (TPSA) is 51.1 Å². The molecule has 3 aromatic heterocycles. The molecule has 23 heavy (non-hydrogen) atoms. The van der Waals surface area contributed by atoms with Gasteiger partial charge in [-0.1, -0.05) is 13.0 Å². The molecule has 0 aliphatic heterocycles. The smallest absolute Gasteiger partial charge is 0.260 e. The lowest BCUT2D eigenvalue weighted by Gasteiger charge is -2.06. The highest BCUT2D eigenvalue weighted by atomic mass is 32.1. The average Bonchev–Trinajstić information content (AvgIpc) is 3.15. The number of nitrogens with one attached hydrogen (secondary N) is 1. The second kappa shape index (κ2) is 6.68. The third-order valence-electron chi connectivity index (χ3n) is 3.69. The van der Waals surface area contributed by atoms with Crippen molar-refractivity contribution < 1.29 is 4.79 Å². The van der Waals surface area contributed by atoms with Crippen molar-refractivity contribution in [2.75, 3.05) is 0 Å². The Morgan fingerprint density at radius 3 is 2.87 bits per heavy atom. The summed E-state index contributed by atoms with van der Waals surface area (Å²) in [5, 5.41) is 5.46. The Hall–Kier alpha value is -1.92. The van der Waals surface area contributed by atoms with E-state index in [-0.39, 0.29) is 11.5 Å². The van der Waals surface area contributed by atoms with E-state index in [9.17, 15) is 9.59 Å². The van der Waals surface area contributed by atoms with E-state index in [4.69, 9.17) is 0 Å². The molecule has 0 atom stereocenters. The van der Waals surface area contributed by atoms with E-state index in [2.05, 4.69) is 5.32 Å². The van der Waals surface area contributed by atoms with E-state index in [1.165, 1.54) is 11.3 Å². The van der Waals surface area contributed by atoms with Gasteiger partial charge in [0.15, 0.2) is 0 Å². The average molecular weight is 346 g/mol. The van der Waals surface area contributed by atoms with E-state index in [0.29, 0.717) is 24.0 Å². The molecule has 3 heterocycles. The fourth-order valence-corrected chi connectivity index (χ4v) is 4.32. The lowest BCUT2D eigenvalue weighted by atomic mass is 10.1. The summed E-state index contributed by atoms with van der Waals surface area (Å²) in [7, 11) is 0. The molecule has 0 unspecified atom stereocenters. The van der Waals surface area contributed by atoms with Crippen LogP contribution in [0.5, 0.6) is 0 Å². The molecule has 6 heteroatoms. The maximum atomic E-state index is 12.7. The third kappa shape index (κ3) is 3.09. The van der Waals surface area contributed by atoms with Gasteiger partial charge in [-0.25, -0.2) is 0 Å². The Balaban J connectivity index is 1.98. The molecule has 3 rings (SSSR count). The Morgan fingerprint density at radius 2 is 2.17 bits per heavy atom. The predicted octanol–water partition coefficient (Wildman–Crippen LogP) is 3.77. The first-order valence-electron chi connectivity index (χ1n) is 7.55. The number of aryl methyl sites for hydroxylation is 2. The van der Waals surface area contributed by atoms with Gasteiger partial charge in [0.25, 0.3) is 11.5 Å². The Morgan fingerprint density at radius 1 is 1.35 bits per heavy atom. The van der Waals surface area contributed by atoms with Crippen molar-refractivity contribution in [1.29, 1.82) is 0 Å². The number of carbonyl (C=O) groups is 1. The number of rotatable bonds is 5. The number of carbonyl (C=O) groups excluding carboxylic acids is 1. The lowest BCUT2D eigenvalue weighted by Crippen LogP contribution is -2.26. The van der Waals surface area contributed by atoms with Crippen LogP contribution in [-0.4, -0.2) is 10.5 Å². The highest BCUT2D eigenvalue weighted by Gasteiger charge is 2.19. The van der Waals surface area contributed by atoms with E-state index in [0.717, 1.165) is 20.9 Å². The molecule has 120 valence electrons. The Labute approximate surface area is 142 Å². The summed E-state index contributed by atoms with van der Waals surface area (Å²) in [6.07, 6.45) is 2.70. The lowest BCUT2D eigenvalue weighted by molar-refractivity contribution is 0.0952. The first kappa shape index (κ1) is 16.0. The zero-order valence-electron chi connectivity index (χ0n) is 13.1. The van der Waals surface area contributed by atoms with Gasteiger partial charge in [0.2, 0.25) is 0 Å². The van der Waals surface area contributed by atoms with Gasteiger partial charge in [-0.3, -0.25) is 9.59 Å². The molecule has 4 nitrogen and oxygen atoms in total. The molecule has 0 aromatic carbocycles. The van der Waals surface area contributed by atoms with Crippen LogP contribution in [-0.2, 0) is 13.1 Å². The zero-order valence-corrected chi connectivity index (χ0v) is 14.7. The van der Waals surface area contributed by atoms with Gasteiger partial charge < -0.3 is 9.88 Å². The van der Waals surface area contributed by atoms with Crippen molar-refractivity contribution in [2.24, 2.45) is 0 Å². The molecule has 1 amide bonds. The first-order valence-corrected chi connectivity index (χ1v) is 9.24. The number of hydrogen-bond acceptors (Lipinski definition) is 4. The molecule has 0 aliphatic carbocycles. The van der Waals surface area contributed by atoms with Gasteiger partial charge in [-0.2, -0.15) is 0 Å². The van der Waals surface area contributed by atoms with Crippen LogP contribution in [0.25, 0.3) is 10.1 Å². The predicted molar refractivity (Wildman–Crippen MR) is 96.6 cm³/mol. The van der Waals surface area contributed by atoms with Crippen LogP contribution in [0.4, 0.5) is 0 Å². The second-order valence-corrected chi connectivity index (χ2v) is 7.64. The normalized spacial score (nSPS) is 11.0. The van der Waals surface area contributed by atoms with Gasteiger partial charge in [0, 0.05) is 27.2 Å². The molecule has 0 spiro atoms. The Kier molecular flexibility index (Phi) is 4.63. The van der Waals surface area contributed by atoms with Crippen LogP contribution in [0, 0.1) is 6.92 Å². The van der Waals surface area contributed by atoms with Crippen LogP contribution >= 0.6 is 22.7 Å². The number of aromatic nitrogens is 1. The van der Waals surface area contributed by atoms with Gasteiger partial charge >= 0.3 is 0 Å². The van der Waals surface area contributed by atoms with Gasteiger partial charge in [-0.05, 0) is 30.9 Å². The highest BCUT2D eigenvalue weighted by Crippen LogP contribution is 2.28. The van der Waals surface area contributed by atoms with E-state index in [1.54, 1.807) is 15.9 Å². The molecule has 3 aromatic rings. The van der Waals surface area contributed by atoms with Crippen molar-refractivity contribution >= 4 is 38.7 Å². The van der Waals surface area contributed by atoms with E-state index in [1.807, 2.05) is 43.6 Å². The van der Waals surface area contributed by atoms with Crippen LogP contribution in [0.15, 0.2) is 34.6 Å². The van der Waals surface area contributed by atoms with Gasteiger partial charge in [0.05, 0.1) is 17.5 Å². The van der Waals surface area contributed by atoms with Crippen molar-refractivity contribution in [3.63, 3.8) is 0 Å². The SMILES string of the molecule is CCCn1ccc2sc(C)c(C(=O)NCc3cccs3)c2c1=O. The summed E-state index contributed by atoms with van der Waals surface area (Å²) in [4.78, 5) is 27.3. The first-order chi connectivity index (χ1) is 11.1. The fraction of sp³-hybridized carbons (Fsp3) is 0.294. The number of nitrogens with zero attached hydrogens (tertiary/aromatic N) is 1. The maximum absolute atomic E-state index is 12.7. The number of amides is 1. The number of thiophene rings is 2. The quantitative estimate of drug-likeness (QED) is 0.764. The van der Waals surface area contributed by atoms with Crippen LogP contribution in [0.2, 0.25) is 0 Å².